The molecule has 0 radical (unpaired) electrons. The summed E-state index contributed by atoms with van der Waals surface area (Å²) in [5.41, 5.74) is 4.91. The van der Waals surface area contributed by atoms with E-state index in [4.69, 9.17) is 4.74 Å². The summed E-state index contributed by atoms with van der Waals surface area (Å²) in [5, 5.41) is 4.10. The van der Waals surface area contributed by atoms with Crippen LogP contribution in [0.1, 0.15) is 39.0 Å². The van der Waals surface area contributed by atoms with E-state index in [1.807, 2.05) is 73.8 Å². The molecular formula is C28H26BrN3O3. The molecule has 1 aliphatic rings. The van der Waals surface area contributed by atoms with E-state index >= 15 is 0 Å². The number of methoxy groups -OCH3 is 1. The van der Waals surface area contributed by atoms with Gasteiger partial charge in [-0.25, -0.2) is 0 Å². The van der Waals surface area contributed by atoms with E-state index in [-0.39, 0.29) is 11.8 Å². The molecule has 5 rings (SSSR count). The number of hydrogen-bond acceptors (Lipinski definition) is 3. The molecule has 0 bridgehead atoms. The smallest absolute Gasteiger partial charge is 0.254 e. The summed E-state index contributed by atoms with van der Waals surface area (Å²) in [6.07, 6.45) is 1.92. The lowest BCUT2D eigenvalue weighted by molar-refractivity contribution is -0.119. The van der Waals surface area contributed by atoms with Crippen LogP contribution in [0.15, 0.2) is 77.4 Å². The second-order valence-electron chi connectivity index (χ2n) is 8.76. The summed E-state index contributed by atoms with van der Waals surface area (Å²) in [6.45, 7) is 2.73. The topological polar surface area (TPSA) is 74.4 Å². The Morgan fingerprint density at radius 2 is 1.86 bits per heavy atom. The van der Waals surface area contributed by atoms with Crippen LogP contribution in [0.25, 0.3) is 10.9 Å². The molecule has 0 aliphatic carbocycles. The van der Waals surface area contributed by atoms with Crippen molar-refractivity contribution >= 4 is 44.3 Å². The fraction of sp³-hybridized carbons (Fsp3) is 0.214. The second-order valence-corrected chi connectivity index (χ2v) is 9.62. The van der Waals surface area contributed by atoms with E-state index in [1.165, 1.54) is 0 Å². The molecule has 2 atom stereocenters. The summed E-state index contributed by atoms with van der Waals surface area (Å²) in [5.74, 6) is -0.895. The molecule has 178 valence electrons. The first-order valence-electron chi connectivity index (χ1n) is 11.5. The molecular weight excluding hydrogens is 506 g/mol. The van der Waals surface area contributed by atoms with Crippen molar-refractivity contribution in [2.75, 3.05) is 25.6 Å². The Labute approximate surface area is 212 Å². The van der Waals surface area contributed by atoms with E-state index in [2.05, 4.69) is 26.2 Å². The third kappa shape index (κ3) is 4.26. The zero-order chi connectivity index (χ0) is 24.5. The Morgan fingerprint density at radius 3 is 2.66 bits per heavy atom. The van der Waals surface area contributed by atoms with Crippen molar-refractivity contribution in [3.63, 3.8) is 0 Å². The average molecular weight is 532 g/mol. The van der Waals surface area contributed by atoms with Gasteiger partial charge in [-0.1, -0.05) is 42.5 Å². The van der Waals surface area contributed by atoms with Crippen molar-refractivity contribution < 1.29 is 14.3 Å². The van der Waals surface area contributed by atoms with Gasteiger partial charge in [0.2, 0.25) is 5.91 Å². The van der Waals surface area contributed by atoms with Gasteiger partial charge in [-0.2, -0.15) is 0 Å². The molecule has 1 aliphatic heterocycles. The zero-order valence-electron chi connectivity index (χ0n) is 19.5. The van der Waals surface area contributed by atoms with Crippen molar-refractivity contribution in [2.24, 2.45) is 0 Å². The molecule has 2 amide bonds. The number of fused-ring (bicyclic) bond motifs is 2. The highest BCUT2D eigenvalue weighted by Crippen LogP contribution is 2.45. The number of amides is 2. The minimum atomic E-state index is -0.617. The number of hydrogen-bond donors (Lipinski definition) is 2. The molecule has 0 fully saturated rings. The van der Waals surface area contributed by atoms with Crippen LogP contribution in [0.4, 0.5) is 5.69 Å². The van der Waals surface area contributed by atoms with Gasteiger partial charge >= 0.3 is 0 Å². The van der Waals surface area contributed by atoms with Crippen LogP contribution in [-0.2, 0) is 9.53 Å². The molecule has 2 N–H and O–H groups in total. The lowest BCUT2D eigenvalue weighted by Gasteiger charge is -2.41. The number of halogens is 1. The molecule has 7 heteroatoms. The summed E-state index contributed by atoms with van der Waals surface area (Å²) in [6, 6.07) is 20.7. The molecule has 3 aromatic carbocycles. The van der Waals surface area contributed by atoms with Gasteiger partial charge in [-0.3, -0.25) is 9.59 Å². The van der Waals surface area contributed by atoms with Crippen molar-refractivity contribution in [1.29, 1.82) is 0 Å². The van der Waals surface area contributed by atoms with Gasteiger partial charge < -0.3 is 19.9 Å². The maximum absolute atomic E-state index is 14.0. The lowest BCUT2D eigenvalue weighted by atomic mass is 9.79. The van der Waals surface area contributed by atoms with Crippen molar-refractivity contribution in [3.8, 4) is 0 Å². The SMILES string of the molecule is COCCN1C(=O)c2ccccc2[C@H](C(=O)Nc2ccc(C)cc2Br)[C@H]1c1c[nH]c2ccccc12. The predicted molar refractivity (Wildman–Crippen MR) is 141 cm³/mol. The summed E-state index contributed by atoms with van der Waals surface area (Å²) in [4.78, 5) is 32.8. The molecule has 0 saturated carbocycles. The Balaban J connectivity index is 1.67. The number of ether oxygens (including phenoxy) is 1. The van der Waals surface area contributed by atoms with Crippen LogP contribution >= 0.6 is 15.9 Å². The molecule has 35 heavy (non-hydrogen) atoms. The standard InChI is InChI=1S/C28H26BrN3O3/c1-17-11-12-24(22(29)15-17)31-27(33)25-19-8-3-4-9-20(19)28(34)32(13-14-35-2)26(25)21-16-30-23-10-6-5-7-18(21)23/h3-12,15-16,25-26,30H,13-14H2,1-2H3,(H,31,33)/t25-,26+/m0/s1. The Kier molecular flexibility index (Phi) is 6.45. The van der Waals surface area contributed by atoms with E-state index in [0.717, 1.165) is 32.1 Å². The Bertz CT molecular complexity index is 1410. The van der Waals surface area contributed by atoms with Crippen LogP contribution in [-0.4, -0.2) is 42.0 Å². The predicted octanol–water partition coefficient (Wildman–Crippen LogP) is 5.80. The highest BCUT2D eigenvalue weighted by molar-refractivity contribution is 9.10. The van der Waals surface area contributed by atoms with Crippen molar-refractivity contribution in [1.82, 2.24) is 9.88 Å². The Hall–Kier alpha value is -3.42. The first-order chi connectivity index (χ1) is 17.0. The van der Waals surface area contributed by atoms with Crippen LogP contribution < -0.4 is 5.32 Å². The number of carbonyl (C=O) groups excluding carboxylic acids is 2. The molecule has 1 aromatic heterocycles. The number of rotatable bonds is 6. The highest BCUT2D eigenvalue weighted by atomic mass is 79.9. The molecule has 4 aromatic rings. The molecule has 0 spiro atoms. The first kappa shape index (κ1) is 23.3. The summed E-state index contributed by atoms with van der Waals surface area (Å²) < 4.78 is 6.15. The number of aromatic nitrogens is 1. The van der Waals surface area contributed by atoms with Gasteiger partial charge in [0.15, 0.2) is 0 Å². The number of benzene rings is 3. The van der Waals surface area contributed by atoms with Gasteiger partial charge in [-0.15, -0.1) is 0 Å². The van der Waals surface area contributed by atoms with Crippen LogP contribution in [0, 0.1) is 6.92 Å². The zero-order valence-corrected chi connectivity index (χ0v) is 21.1. The maximum Gasteiger partial charge on any atom is 0.254 e. The van der Waals surface area contributed by atoms with Gasteiger partial charge in [0, 0.05) is 46.4 Å². The fourth-order valence-electron chi connectivity index (χ4n) is 4.93. The molecule has 6 nitrogen and oxygen atoms in total. The minimum Gasteiger partial charge on any atom is -0.383 e. The summed E-state index contributed by atoms with van der Waals surface area (Å²) in [7, 11) is 1.61. The highest BCUT2D eigenvalue weighted by Gasteiger charge is 2.44. The van der Waals surface area contributed by atoms with Gasteiger partial charge in [0.25, 0.3) is 5.91 Å². The second kappa shape index (κ2) is 9.68. The molecule has 0 saturated heterocycles. The normalized spacial score (nSPS) is 17.5. The lowest BCUT2D eigenvalue weighted by Crippen LogP contribution is -2.47. The van der Waals surface area contributed by atoms with Gasteiger partial charge in [0.05, 0.1) is 24.3 Å². The van der Waals surface area contributed by atoms with Crippen LogP contribution in [0.3, 0.4) is 0 Å². The number of H-pyrrole nitrogens is 1. The Morgan fingerprint density at radius 1 is 1.09 bits per heavy atom. The largest absolute Gasteiger partial charge is 0.383 e. The van der Waals surface area contributed by atoms with Gasteiger partial charge in [0.1, 0.15) is 0 Å². The fourth-order valence-corrected chi connectivity index (χ4v) is 5.52. The van der Waals surface area contributed by atoms with Crippen molar-refractivity contribution in [2.45, 2.75) is 18.9 Å². The van der Waals surface area contributed by atoms with E-state index in [1.54, 1.807) is 18.1 Å². The number of anilines is 1. The van der Waals surface area contributed by atoms with Gasteiger partial charge in [-0.05, 0) is 58.2 Å². The van der Waals surface area contributed by atoms with Crippen LogP contribution in [0.5, 0.6) is 0 Å². The first-order valence-corrected chi connectivity index (χ1v) is 12.3. The number of para-hydroxylation sites is 1. The number of aromatic amines is 1. The molecule has 2 heterocycles. The monoisotopic (exact) mass is 531 g/mol. The number of aryl methyl sites for hydroxylation is 1. The van der Waals surface area contributed by atoms with Crippen LogP contribution in [0.2, 0.25) is 0 Å². The third-order valence-electron chi connectivity index (χ3n) is 6.58. The van der Waals surface area contributed by atoms with E-state index in [0.29, 0.717) is 24.4 Å². The van der Waals surface area contributed by atoms with E-state index < -0.39 is 12.0 Å². The third-order valence-corrected chi connectivity index (χ3v) is 7.24. The molecule has 0 unspecified atom stereocenters. The number of nitrogens with one attached hydrogen (secondary N) is 2. The summed E-state index contributed by atoms with van der Waals surface area (Å²) >= 11 is 3.57. The quantitative estimate of drug-likeness (QED) is 0.330. The average Bonchev–Trinajstić information content (AvgIpc) is 3.29. The number of carbonyl (C=O) groups is 2. The maximum atomic E-state index is 14.0. The number of nitrogens with zero attached hydrogens (tertiary/aromatic N) is 1. The van der Waals surface area contributed by atoms with E-state index in [9.17, 15) is 9.59 Å². The minimum absolute atomic E-state index is 0.103. The van der Waals surface area contributed by atoms with Crippen molar-refractivity contribution in [3.05, 3.63) is 99.7 Å².